The highest BCUT2D eigenvalue weighted by atomic mass is 16.5. The van der Waals surface area contributed by atoms with Crippen LogP contribution in [0.5, 0.6) is 11.5 Å². The third kappa shape index (κ3) is 3.34. The minimum Gasteiger partial charge on any atom is -0.493 e. The van der Waals surface area contributed by atoms with Crippen molar-refractivity contribution in [3.8, 4) is 11.5 Å². The van der Waals surface area contributed by atoms with Crippen LogP contribution in [0.15, 0.2) is 39.1 Å². The van der Waals surface area contributed by atoms with Gasteiger partial charge in [-0.1, -0.05) is 19.9 Å². The van der Waals surface area contributed by atoms with Gasteiger partial charge in [-0.2, -0.15) is 0 Å². The second-order valence-electron chi connectivity index (χ2n) is 9.20. The molecule has 2 aromatic rings. The molecule has 1 atom stereocenters. The van der Waals surface area contributed by atoms with Crippen LogP contribution in [-0.2, 0) is 18.9 Å². The molecule has 0 saturated heterocycles. The second-order valence-corrected chi connectivity index (χ2v) is 9.20. The summed E-state index contributed by atoms with van der Waals surface area (Å²) < 4.78 is 13.7. The molecule has 1 N–H and O–H groups in total. The van der Waals surface area contributed by atoms with Crippen molar-refractivity contribution < 1.29 is 14.3 Å². The molecule has 8 nitrogen and oxygen atoms in total. The Morgan fingerprint density at radius 1 is 1.09 bits per heavy atom. The van der Waals surface area contributed by atoms with Crippen LogP contribution in [-0.4, -0.2) is 28.6 Å². The average molecular weight is 440 g/mol. The predicted octanol–water partition coefficient (Wildman–Crippen LogP) is 2.69. The Morgan fingerprint density at radius 3 is 2.47 bits per heavy atom. The van der Waals surface area contributed by atoms with Crippen molar-refractivity contribution in [3.05, 3.63) is 61.4 Å². The zero-order chi connectivity index (χ0) is 23.4. The molecule has 1 aromatic carbocycles. The Bertz CT molecular complexity index is 1270. The summed E-state index contributed by atoms with van der Waals surface area (Å²) in [6.07, 6.45) is 1.03. The number of aromatic nitrogens is 2. The lowest BCUT2D eigenvalue weighted by molar-refractivity contribution is -0.118. The number of allylic oxidation sites excluding steroid dienone is 2. The summed E-state index contributed by atoms with van der Waals surface area (Å²) in [5, 5.41) is 3.27. The highest BCUT2D eigenvalue weighted by Crippen LogP contribution is 2.48. The number of hydrogen-bond acceptors (Lipinski definition) is 6. The predicted molar refractivity (Wildman–Crippen MR) is 122 cm³/mol. The summed E-state index contributed by atoms with van der Waals surface area (Å²) in [5.74, 6) is 0.937. The molecular formula is C24H29N3O5. The van der Waals surface area contributed by atoms with E-state index in [2.05, 4.69) is 5.32 Å². The first-order valence-corrected chi connectivity index (χ1v) is 10.7. The summed E-state index contributed by atoms with van der Waals surface area (Å²) in [5.41, 5.74) is 1.41. The first kappa shape index (κ1) is 21.9. The van der Waals surface area contributed by atoms with Gasteiger partial charge in [0.05, 0.1) is 19.3 Å². The van der Waals surface area contributed by atoms with E-state index >= 15 is 0 Å². The standard InChI is InChI=1S/C24H29N3O5/c1-7-32-16-9-8-13(10-17(16)31-6)18-19-14(11-24(2,3)12-15(19)28)25-21-20(18)22(29)27(5)23(30)26(21)4/h8-10,18,25H,7,11-12H2,1-6H3/t18-/m1/s1. The second kappa shape index (κ2) is 7.69. The maximum Gasteiger partial charge on any atom is 0.332 e. The number of nitrogens with one attached hydrogen (secondary N) is 1. The van der Waals surface area contributed by atoms with Crippen molar-refractivity contribution in [2.24, 2.45) is 19.5 Å². The van der Waals surface area contributed by atoms with Gasteiger partial charge in [-0.15, -0.1) is 0 Å². The number of Topliss-reactive ketones (excluding diaryl/α,β-unsaturated/α-hetero) is 1. The zero-order valence-corrected chi connectivity index (χ0v) is 19.4. The van der Waals surface area contributed by atoms with E-state index in [1.54, 1.807) is 20.2 Å². The maximum absolute atomic E-state index is 13.4. The van der Waals surface area contributed by atoms with Crippen molar-refractivity contribution in [1.29, 1.82) is 0 Å². The minimum atomic E-state index is -0.611. The molecule has 0 amide bonds. The quantitative estimate of drug-likeness (QED) is 0.788. The molecule has 1 aromatic heterocycles. The smallest absolute Gasteiger partial charge is 0.332 e. The number of methoxy groups -OCH3 is 1. The van der Waals surface area contributed by atoms with Gasteiger partial charge in [-0.05, 0) is 36.5 Å². The van der Waals surface area contributed by atoms with Crippen LogP contribution in [0, 0.1) is 5.41 Å². The van der Waals surface area contributed by atoms with Gasteiger partial charge in [-0.25, -0.2) is 4.79 Å². The first-order valence-electron chi connectivity index (χ1n) is 10.7. The number of anilines is 1. The lowest BCUT2D eigenvalue weighted by Crippen LogP contribution is -2.45. The molecule has 32 heavy (non-hydrogen) atoms. The largest absolute Gasteiger partial charge is 0.493 e. The Kier molecular flexibility index (Phi) is 5.27. The SMILES string of the molecule is CCOc1ccc([C@@H]2C3=C(CC(C)(C)CC3=O)Nc3c2c(=O)n(C)c(=O)n3C)cc1OC. The molecule has 8 heteroatoms. The lowest BCUT2D eigenvalue weighted by Gasteiger charge is -2.39. The van der Waals surface area contributed by atoms with Gasteiger partial charge in [0.1, 0.15) is 5.82 Å². The van der Waals surface area contributed by atoms with E-state index in [-0.39, 0.29) is 11.2 Å². The number of ether oxygens (including phenoxy) is 2. The van der Waals surface area contributed by atoms with Gasteiger partial charge in [0, 0.05) is 37.7 Å². The molecule has 0 saturated carbocycles. The number of benzene rings is 1. The van der Waals surface area contributed by atoms with Crippen molar-refractivity contribution in [1.82, 2.24) is 9.13 Å². The van der Waals surface area contributed by atoms with Crippen LogP contribution in [0.25, 0.3) is 0 Å². The van der Waals surface area contributed by atoms with Gasteiger partial charge in [0.25, 0.3) is 5.56 Å². The van der Waals surface area contributed by atoms with E-state index in [1.165, 1.54) is 11.6 Å². The van der Waals surface area contributed by atoms with Crippen LogP contribution in [0.1, 0.15) is 50.7 Å². The van der Waals surface area contributed by atoms with Crippen molar-refractivity contribution in [2.75, 3.05) is 19.0 Å². The summed E-state index contributed by atoms with van der Waals surface area (Å²) in [4.78, 5) is 39.3. The van der Waals surface area contributed by atoms with Crippen LogP contribution in [0.4, 0.5) is 5.82 Å². The van der Waals surface area contributed by atoms with E-state index < -0.39 is 17.2 Å². The molecule has 0 fully saturated rings. The maximum atomic E-state index is 13.4. The van der Waals surface area contributed by atoms with E-state index in [0.29, 0.717) is 47.9 Å². The number of rotatable bonds is 4. The molecule has 170 valence electrons. The Morgan fingerprint density at radius 2 is 1.81 bits per heavy atom. The molecule has 1 aliphatic carbocycles. The summed E-state index contributed by atoms with van der Waals surface area (Å²) in [6, 6.07) is 5.46. The summed E-state index contributed by atoms with van der Waals surface area (Å²) in [7, 11) is 4.64. The lowest BCUT2D eigenvalue weighted by atomic mass is 9.69. The molecule has 1 aliphatic heterocycles. The number of nitrogens with zero attached hydrogens (tertiary/aromatic N) is 2. The van der Waals surface area contributed by atoms with Gasteiger partial charge in [0.2, 0.25) is 0 Å². The number of carbonyl (C=O) groups excluding carboxylic acids is 1. The summed E-state index contributed by atoms with van der Waals surface area (Å²) >= 11 is 0. The molecule has 2 aliphatic rings. The van der Waals surface area contributed by atoms with Crippen LogP contribution in [0.2, 0.25) is 0 Å². The zero-order valence-electron chi connectivity index (χ0n) is 19.4. The van der Waals surface area contributed by atoms with Gasteiger partial charge in [-0.3, -0.25) is 18.7 Å². The van der Waals surface area contributed by atoms with Crippen LogP contribution in [0.3, 0.4) is 0 Å². The van der Waals surface area contributed by atoms with Gasteiger partial charge < -0.3 is 14.8 Å². The third-order valence-electron chi connectivity index (χ3n) is 6.29. The molecule has 4 rings (SSSR count). The number of carbonyl (C=O) groups is 1. The van der Waals surface area contributed by atoms with Crippen molar-refractivity contribution in [3.63, 3.8) is 0 Å². The van der Waals surface area contributed by atoms with E-state index in [9.17, 15) is 14.4 Å². The van der Waals surface area contributed by atoms with Gasteiger partial charge in [0.15, 0.2) is 17.3 Å². The first-order chi connectivity index (χ1) is 15.1. The molecule has 0 unspecified atom stereocenters. The number of ketones is 1. The normalized spacial score (nSPS) is 19.2. The van der Waals surface area contributed by atoms with Crippen molar-refractivity contribution >= 4 is 11.6 Å². The third-order valence-corrected chi connectivity index (χ3v) is 6.29. The Hall–Kier alpha value is -3.29. The van der Waals surface area contributed by atoms with Crippen LogP contribution < -0.4 is 26.0 Å². The summed E-state index contributed by atoms with van der Waals surface area (Å²) in [6.45, 7) is 6.46. The topological polar surface area (TPSA) is 91.6 Å². The number of hydrogen-bond donors (Lipinski definition) is 1. The monoisotopic (exact) mass is 439 g/mol. The minimum absolute atomic E-state index is 0.00292. The molecule has 2 heterocycles. The van der Waals surface area contributed by atoms with Crippen molar-refractivity contribution in [2.45, 2.75) is 39.5 Å². The Balaban J connectivity index is 2.03. The van der Waals surface area contributed by atoms with Crippen LogP contribution >= 0.6 is 0 Å². The average Bonchev–Trinajstić information content (AvgIpc) is 2.74. The highest BCUT2D eigenvalue weighted by molar-refractivity contribution is 6.01. The number of fused-ring (bicyclic) bond motifs is 1. The van der Waals surface area contributed by atoms with Gasteiger partial charge >= 0.3 is 5.69 Å². The Labute approximate surface area is 186 Å². The van der Waals surface area contributed by atoms with E-state index in [4.69, 9.17) is 9.47 Å². The fraction of sp³-hybridized carbons (Fsp3) is 0.458. The highest BCUT2D eigenvalue weighted by Gasteiger charge is 2.43. The van der Waals surface area contributed by atoms with E-state index in [0.717, 1.165) is 15.8 Å². The molecule has 0 spiro atoms. The molecule has 0 radical (unpaired) electrons. The molecule has 0 bridgehead atoms. The fourth-order valence-corrected chi connectivity index (χ4v) is 4.82. The fourth-order valence-electron chi connectivity index (χ4n) is 4.82. The molecular weight excluding hydrogens is 410 g/mol. The van der Waals surface area contributed by atoms with E-state index in [1.807, 2.05) is 32.9 Å².